The fourth-order valence-corrected chi connectivity index (χ4v) is 3.49. The second-order valence-electron chi connectivity index (χ2n) is 3.70. The van der Waals surface area contributed by atoms with Gasteiger partial charge in [0.1, 0.15) is 5.51 Å². The van der Waals surface area contributed by atoms with E-state index >= 15 is 0 Å². The van der Waals surface area contributed by atoms with Gasteiger partial charge in [0, 0.05) is 0 Å². The monoisotopic (exact) mass is 367 g/mol. The van der Waals surface area contributed by atoms with Gasteiger partial charge in [-0.25, -0.2) is 0 Å². The van der Waals surface area contributed by atoms with E-state index in [1.807, 2.05) is 0 Å². The minimum absolute atomic E-state index is 0.203. The molecule has 20 heavy (non-hydrogen) atoms. The summed E-state index contributed by atoms with van der Waals surface area (Å²) in [5.41, 5.74) is 2.04. The van der Waals surface area contributed by atoms with Gasteiger partial charge >= 0.3 is 0 Å². The van der Waals surface area contributed by atoms with E-state index in [4.69, 9.17) is 34.8 Å². The molecule has 1 aromatic carbocycles. The first-order chi connectivity index (χ1) is 9.47. The Labute approximate surface area is 138 Å². The molecular formula is C11H8Cl3N3OS2. The summed E-state index contributed by atoms with van der Waals surface area (Å²) in [6, 6.07) is 3.01. The molecule has 0 bridgehead atoms. The van der Waals surface area contributed by atoms with Gasteiger partial charge < -0.3 is 5.32 Å². The Hall–Kier alpha value is -0.530. The van der Waals surface area contributed by atoms with Crippen LogP contribution in [0.25, 0.3) is 0 Å². The van der Waals surface area contributed by atoms with Crippen molar-refractivity contribution in [3.05, 3.63) is 32.7 Å². The smallest absolute Gasteiger partial charge is 0.237 e. The van der Waals surface area contributed by atoms with Crippen molar-refractivity contribution in [3.8, 4) is 0 Å². The number of benzene rings is 1. The number of nitrogens with one attached hydrogen (secondary N) is 1. The summed E-state index contributed by atoms with van der Waals surface area (Å²) in [5, 5.41) is 11.0. The summed E-state index contributed by atoms with van der Waals surface area (Å²) in [4.78, 5) is 12.1. The van der Waals surface area contributed by atoms with Crippen LogP contribution in [-0.2, 0) is 4.79 Å². The van der Waals surface area contributed by atoms with Crippen LogP contribution in [0.5, 0.6) is 0 Å². The maximum atomic E-state index is 12.1. The van der Waals surface area contributed by atoms with E-state index in [9.17, 15) is 4.79 Å². The quantitative estimate of drug-likeness (QED) is 0.632. The lowest BCUT2D eigenvalue weighted by atomic mass is 10.3. The van der Waals surface area contributed by atoms with Gasteiger partial charge in [-0.2, -0.15) is 0 Å². The second-order valence-corrected chi connectivity index (χ2v) is 7.34. The Morgan fingerprint density at radius 1 is 1.30 bits per heavy atom. The number of aromatic nitrogens is 2. The summed E-state index contributed by atoms with van der Waals surface area (Å²) < 4.78 is 0.730. The highest BCUT2D eigenvalue weighted by Gasteiger charge is 2.18. The van der Waals surface area contributed by atoms with Crippen LogP contribution in [0.1, 0.15) is 6.92 Å². The van der Waals surface area contributed by atoms with E-state index in [1.54, 1.807) is 12.4 Å². The summed E-state index contributed by atoms with van der Waals surface area (Å²) in [5.74, 6) is -0.203. The van der Waals surface area contributed by atoms with E-state index in [2.05, 4.69) is 15.5 Å². The number of rotatable bonds is 4. The van der Waals surface area contributed by atoms with Crippen LogP contribution in [0.4, 0.5) is 5.69 Å². The largest absolute Gasteiger partial charge is 0.324 e. The van der Waals surface area contributed by atoms with Crippen LogP contribution in [0.15, 0.2) is 22.0 Å². The zero-order chi connectivity index (χ0) is 14.7. The number of halogens is 3. The normalized spacial score (nSPS) is 12.2. The number of hydrogen-bond donors (Lipinski definition) is 1. The van der Waals surface area contributed by atoms with Crippen LogP contribution in [0.3, 0.4) is 0 Å². The number of thioether (sulfide) groups is 1. The van der Waals surface area contributed by atoms with Crippen LogP contribution in [0.2, 0.25) is 15.1 Å². The highest BCUT2D eigenvalue weighted by Crippen LogP contribution is 2.33. The number of carbonyl (C=O) groups excluding carboxylic acids is 1. The van der Waals surface area contributed by atoms with Crippen LogP contribution in [-0.4, -0.2) is 21.4 Å². The molecule has 0 radical (unpaired) electrons. The van der Waals surface area contributed by atoms with Crippen LogP contribution in [0, 0.1) is 0 Å². The van der Waals surface area contributed by atoms with Crippen molar-refractivity contribution in [1.29, 1.82) is 0 Å². The third kappa shape index (κ3) is 3.99. The molecule has 2 rings (SSSR count). The maximum absolute atomic E-state index is 12.1. The summed E-state index contributed by atoms with van der Waals surface area (Å²) in [6.45, 7) is 1.77. The molecule has 2 aromatic rings. The molecule has 0 spiro atoms. The maximum Gasteiger partial charge on any atom is 0.237 e. The highest BCUT2D eigenvalue weighted by molar-refractivity contribution is 8.02. The van der Waals surface area contributed by atoms with Gasteiger partial charge in [-0.3, -0.25) is 4.79 Å². The predicted octanol–water partition coefficient (Wildman–Crippen LogP) is 4.62. The Morgan fingerprint density at radius 2 is 2.00 bits per heavy atom. The number of hydrogen-bond acceptors (Lipinski definition) is 5. The number of amides is 1. The predicted molar refractivity (Wildman–Crippen MR) is 85.3 cm³/mol. The Bertz CT molecular complexity index is 622. The number of carbonyl (C=O) groups is 1. The van der Waals surface area contributed by atoms with E-state index in [0.717, 1.165) is 4.34 Å². The van der Waals surface area contributed by atoms with Crippen LogP contribution >= 0.6 is 57.9 Å². The van der Waals surface area contributed by atoms with Crippen molar-refractivity contribution in [3.63, 3.8) is 0 Å². The lowest BCUT2D eigenvalue weighted by Crippen LogP contribution is -2.22. The van der Waals surface area contributed by atoms with E-state index in [1.165, 1.54) is 35.2 Å². The minimum atomic E-state index is -0.339. The van der Waals surface area contributed by atoms with Gasteiger partial charge in [-0.05, 0) is 19.1 Å². The molecule has 1 atom stereocenters. The molecule has 0 fully saturated rings. The van der Waals surface area contributed by atoms with Crippen molar-refractivity contribution in [2.24, 2.45) is 0 Å². The van der Waals surface area contributed by atoms with E-state index in [0.29, 0.717) is 20.8 Å². The first-order valence-electron chi connectivity index (χ1n) is 5.35. The molecule has 9 heteroatoms. The van der Waals surface area contributed by atoms with Gasteiger partial charge in [-0.1, -0.05) is 57.9 Å². The molecule has 0 saturated carbocycles. The first kappa shape index (κ1) is 15.9. The van der Waals surface area contributed by atoms with Crippen molar-refractivity contribution in [2.45, 2.75) is 16.5 Å². The highest BCUT2D eigenvalue weighted by atomic mass is 35.5. The lowest BCUT2D eigenvalue weighted by molar-refractivity contribution is -0.115. The van der Waals surface area contributed by atoms with E-state index < -0.39 is 0 Å². The van der Waals surface area contributed by atoms with E-state index in [-0.39, 0.29) is 11.2 Å². The molecule has 4 nitrogen and oxygen atoms in total. The topological polar surface area (TPSA) is 54.9 Å². The molecule has 0 aliphatic heterocycles. The third-order valence-corrected chi connectivity index (χ3v) is 5.20. The Balaban J connectivity index is 2.06. The Morgan fingerprint density at radius 3 is 2.65 bits per heavy atom. The second kappa shape index (κ2) is 6.95. The number of nitrogens with zero attached hydrogens (tertiary/aromatic N) is 2. The fourth-order valence-electron chi connectivity index (χ4n) is 1.27. The van der Waals surface area contributed by atoms with Crippen molar-refractivity contribution >= 4 is 69.5 Å². The summed E-state index contributed by atoms with van der Waals surface area (Å²) in [6.07, 6.45) is 0. The van der Waals surface area contributed by atoms with Gasteiger partial charge in [0.05, 0.1) is 26.0 Å². The standard InChI is InChI=1S/C11H8Cl3N3OS2/c1-5(20-11-17-15-4-19-11)10(18)16-9-3-7(13)6(12)2-8(9)14/h2-5H,1H3,(H,16,18)/t5-/m0/s1. The Kier molecular flexibility index (Phi) is 5.51. The molecule has 1 aromatic heterocycles. The van der Waals surface area contributed by atoms with Crippen LogP contribution < -0.4 is 5.32 Å². The van der Waals surface area contributed by atoms with Crippen molar-refractivity contribution in [2.75, 3.05) is 5.32 Å². The third-order valence-electron chi connectivity index (χ3n) is 2.25. The summed E-state index contributed by atoms with van der Waals surface area (Å²) in [7, 11) is 0. The zero-order valence-corrected chi connectivity index (χ0v) is 14.0. The van der Waals surface area contributed by atoms with Gasteiger partial charge in [-0.15, -0.1) is 10.2 Å². The van der Waals surface area contributed by atoms with Gasteiger partial charge in [0.25, 0.3) is 0 Å². The molecule has 106 valence electrons. The molecular weight excluding hydrogens is 361 g/mol. The SMILES string of the molecule is C[C@H](Sc1nncs1)C(=O)Nc1cc(Cl)c(Cl)cc1Cl. The van der Waals surface area contributed by atoms with Gasteiger partial charge in [0.2, 0.25) is 5.91 Å². The fraction of sp³-hybridized carbons (Fsp3) is 0.182. The zero-order valence-electron chi connectivity index (χ0n) is 10.1. The van der Waals surface area contributed by atoms with Crippen molar-refractivity contribution < 1.29 is 4.79 Å². The molecule has 0 aliphatic rings. The molecule has 1 amide bonds. The van der Waals surface area contributed by atoms with Crippen molar-refractivity contribution in [1.82, 2.24) is 10.2 Å². The average molecular weight is 369 g/mol. The molecule has 1 N–H and O–H groups in total. The lowest BCUT2D eigenvalue weighted by Gasteiger charge is -2.12. The summed E-state index contributed by atoms with van der Waals surface area (Å²) >= 11 is 20.4. The minimum Gasteiger partial charge on any atom is -0.324 e. The molecule has 1 heterocycles. The molecule has 0 unspecified atom stereocenters. The molecule has 0 saturated heterocycles. The number of anilines is 1. The van der Waals surface area contributed by atoms with Gasteiger partial charge in [0.15, 0.2) is 4.34 Å². The average Bonchev–Trinajstić information content (AvgIpc) is 2.88. The first-order valence-corrected chi connectivity index (χ1v) is 8.25. The molecule has 0 aliphatic carbocycles.